The van der Waals surface area contributed by atoms with E-state index in [9.17, 15) is 13.2 Å². The van der Waals surface area contributed by atoms with Gasteiger partial charge in [-0.05, 0) is 25.8 Å². The molecule has 2 fully saturated rings. The first kappa shape index (κ1) is 16.7. The Balaban J connectivity index is 1.88. The van der Waals surface area contributed by atoms with Crippen LogP contribution in [-0.4, -0.2) is 82.9 Å². The lowest BCUT2D eigenvalue weighted by atomic mass is 10.2. The van der Waals surface area contributed by atoms with Crippen LogP contribution in [0.1, 0.15) is 12.8 Å². The van der Waals surface area contributed by atoms with E-state index in [1.165, 1.54) is 0 Å². The first-order valence-corrected chi connectivity index (χ1v) is 9.25. The van der Waals surface area contributed by atoms with Gasteiger partial charge in [-0.2, -0.15) is 0 Å². The van der Waals surface area contributed by atoms with Crippen LogP contribution in [0.3, 0.4) is 0 Å². The van der Waals surface area contributed by atoms with Crippen LogP contribution in [-0.2, 0) is 19.6 Å². The van der Waals surface area contributed by atoms with E-state index in [2.05, 4.69) is 9.62 Å². The van der Waals surface area contributed by atoms with E-state index >= 15 is 0 Å². The maximum Gasteiger partial charge on any atom is 0.237 e. The maximum atomic E-state index is 12.2. The average Bonchev–Trinajstić information content (AvgIpc) is 3.18. The zero-order valence-electron chi connectivity index (χ0n) is 12.7. The van der Waals surface area contributed by atoms with Crippen molar-refractivity contribution in [2.45, 2.75) is 18.9 Å². The van der Waals surface area contributed by atoms with Crippen molar-refractivity contribution in [2.24, 2.45) is 5.92 Å². The van der Waals surface area contributed by atoms with Crippen LogP contribution in [0.4, 0.5) is 0 Å². The molecule has 21 heavy (non-hydrogen) atoms. The summed E-state index contributed by atoms with van der Waals surface area (Å²) in [5, 5.41) is 0. The van der Waals surface area contributed by atoms with Crippen molar-refractivity contribution in [3.63, 3.8) is 0 Å². The molecule has 1 aliphatic carbocycles. The second kappa shape index (κ2) is 7.04. The lowest BCUT2D eigenvalue weighted by molar-refractivity contribution is -0.133. The van der Waals surface area contributed by atoms with Crippen LogP contribution < -0.4 is 4.72 Å². The summed E-state index contributed by atoms with van der Waals surface area (Å²) in [4.78, 5) is 16.2. The molecular formula is C13H25N3O4S. The molecule has 0 bridgehead atoms. The minimum atomic E-state index is -3.34. The smallest absolute Gasteiger partial charge is 0.237 e. The number of sulfonamides is 1. The first-order valence-electron chi connectivity index (χ1n) is 7.36. The summed E-state index contributed by atoms with van der Waals surface area (Å²) in [7, 11) is -1.31. The highest BCUT2D eigenvalue weighted by atomic mass is 32.2. The minimum absolute atomic E-state index is 0.00434. The molecule has 1 saturated carbocycles. The van der Waals surface area contributed by atoms with Crippen LogP contribution in [0.25, 0.3) is 0 Å². The van der Waals surface area contributed by atoms with E-state index in [1.54, 1.807) is 4.90 Å². The molecule has 1 atom stereocenters. The molecule has 2 rings (SSSR count). The van der Waals surface area contributed by atoms with E-state index in [4.69, 9.17) is 4.74 Å². The Morgan fingerprint density at radius 1 is 1.38 bits per heavy atom. The van der Waals surface area contributed by atoms with Crippen molar-refractivity contribution < 1.29 is 17.9 Å². The molecule has 0 radical (unpaired) electrons. The summed E-state index contributed by atoms with van der Waals surface area (Å²) in [6.45, 7) is 3.44. The molecule has 1 saturated heterocycles. The van der Waals surface area contributed by atoms with Gasteiger partial charge in [-0.1, -0.05) is 0 Å². The van der Waals surface area contributed by atoms with Gasteiger partial charge in [-0.15, -0.1) is 0 Å². The lowest BCUT2D eigenvalue weighted by Crippen LogP contribution is -2.49. The molecule has 0 aromatic rings. The summed E-state index contributed by atoms with van der Waals surface area (Å²) in [5.74, 6) is 0.387. The Morgan fingerprint density at radius 2 is 2.10 bits per heavy atom. The Hall–Kier alpha value is -0.700. The van der Waals surface area contributed by atoms with Crippen molar-refractivity contribution in [1.82, 2.24) is 14.5 Å². The number of hydrogen-bond donors (Lipinski definition) is 1. The summed E-state index contributed by atoms with van der Waals surface area (Å²) in [5.41, 5.74) is 0. The fraction of sp³-hybridized carbons (Fsp3) is 0.923. The molecule has 0 aromatic heterocycles. The molecule has 0 spiro atoms. The van der Waals surface area contributed by atoms with Gasteiger partial charge in [0.05, 0.1) is 25.5 Å². The standard InChI is InChI=1S/C13H25N3O4S/c1-15-5-6-20-12(9-15)10-16(8-11-3-4-11)13(17)7-14-21(2,18)19/h11-12,14H,3-10H2,1-2H3. The zero-order chi connectivity index (χ0) is 15.5. The molecule has 7 nitrogen and oxygen atoms in total. The predicted molar refractivity (Wildman–Crippen MR) is 79.4 cm³/mol. The molecule has 8 heteroatoms. The number of ether oxygens (including phenoxy) is 1. The zero-order valence-corrected chi connectivity index (χ0v) is 13.6. The van der Waals surface area contributed by atoms with Gasteiger partial charge in [0, 0.05) is 26.2 Å². The van der Waals surface area contributed by atoms with Gasteiger partial charge in [0.25, 0.3) is 0 Å². The van der Waals surface area contributed by atoms with Crippen LogP contribution in [0.2, 0.25) is 0 Å². The highest BCUT2D eigenvalue weighted by Gasteiger charge is 2.29. The number of hydrogen-bond acceptors (Lipinski definition) is 5. The third kappa shape index (κ3) is 6.29. The highest BCUT2D eigenvalue weighted by molar-refractivity contribution is 7.88. The fourth-order valence-corrected chi connectivity index (χ4v) is 2.80. The lowest BCUT2D eigenvalue weighted by Gasteiger charge is -2.34. The minimum Gasteiger partial charge on any atom is -0.374 e. The van der Waals surface area contributed by atoms with Crippen molar-refractivity contribution >= 4 is 15.9 Å². The molecule has 1 unspecified atom stereocenters. The first-order chi connectivity index (χ1) is 9.83. The summed E-state index contributed by atoms with van der Waals surface area (Å²) >= 11 is 0. The quantitative estimate of drug-likeness (QED) is 0.658. The number of nitrogens with zero attached hydrogens (tertiary/aromatic N) is 2. The molecule has 1 aliphatic heterocycles. The Labute approximate surface area is 126 Å². The van der Waals surface area contributed by atoms with Crippen molar-refractivity contribution in [2.75, 3.05) is 52.6 Å². The second-order valence-corrected chi connectivity index (χ2v) is 7.92. The van der Waals surface area contributed by atoms with Crippen LogP contribution in [0.15, 0.2) is 0 Å². The Kier molecular flexibility index (Phi) is 5.59. The topological polar surface area (TPSA) is 79.0 Å². The maximum absolute atomic E-state index is 12.2. The molecular weight excluding hydrogens is 294 g/mol. The Morgan fingerprint density at radius 3 is 2.67 bits per heavy atom. The summed E-state index contributed by atoms with van der Waals surface area (Å²) in [6, 6.07) is 0. The SMILES string of the molecule is CN1CCOC(CN(CC2CC2)C(=O)CNS(C)(=O)=O)C1. The monoisotopic (exact) mass is 319 g/mol. The second-order valence-electron chi connectivity index (χ2n) is 6.09. The number of likely N-dealkylation sites (N-methyl/N-ethyl adjacent to an activating group) is 1. The normalized spacial score (nSPS) is 24.0. The highest BCUT2D eigenvalue weighted by Crippen LogP contribution is 2.29. The number of nitrogens with one attached hydrogen (secondary N) is 1. The van der Waals surface area contributed by atoms with Gasteiger partial charge in [0.1, 0.15) is 0 Å². The van der Waals surface area contributed by atoms with Gasteiger partial charge < -0.3 is 14.5 Å². The number of carbonyl (C=O) groups is 1. The molecule has 1 amide bonds. The molecule has 1 N–H and O–H groups in total. The van der Waals surface area contributed by atoms with Crippen molar-refractivity contribution in [3.8, 4) is 0 Å². The third-order valence-electron chi connectivity index (χ3n) is 3.78. The number of carbonyl (C=O) groups excluding carboxylic acids is 1. The third-order valence-corrected chi connectivity index (χ3v) is 4.45. The van der Waals surface area contributed by atoms with Crippen LogP contribution >= 0.6 is 0 Å². The largest absolute Gasteiger partial charge is 0.374 e. The van der Waals surface area contributed by atoms with Gasteiger partial charge in [-0.25, -0.2) is 13.1 Å². The number of amides is 1. The summed E-state index contributed by atoms with van der Waals surface area (Å²) < 4.78 is 30.2. The van der Waals surface area contributed by atoms with E-state index in [0.29, 0.717) is 25.6 Å². The van der Waals surface area contributed by atoms with E-state index in [-0.39, 0.29) is 18.6 Å². The fourth-order valence-electron chi connectivity index (χ4n) is 2.42. The van der Waals surface area contributed by atoms with Crippen LogP contribution in [0.5, 0.6) is 0 Å². The predicted octanol–water partition coefficient (Wildman–Crippen LogP) is -0.895. The van der Waals surface area contributed by atoms with Gasteiger partial charge in [0.15, 0.2) is 0 Å². The average molecular weight is 319 g/mol. The van der Waals surface area contributed by atoms with E-state index in [0.717, 1.165) is 32.2 Å². The van der Waals surface area contributed by atoms with Gasteiger partial charge in [0.2, 0.25) is 15.9 Å². The van der Waals surface area contributed by atoms with Gasteiger partial charge >= 0.3 is 0 Å². The van der Waals surface area contributed by atoms with E-state index in [1.807, 2.05) is 7.05 Å². The number of morpholine rings is 1. The molecule has 0 aromatic carbocycles. The molecule has 2 aliphatic rings. The van der Waals surface area contributed by atoms with Crippen LogP contribution in [0, 0.1) is 5.92 Å². The molecule has 122 valence electrons. The van der Waals surface area contributed by atoms with E-state index < -0.39 is 10.0 Å². The van der Waals surface area contributed by atoms with Gasteiger partial charge in [-0.3, -0.25) is 4.79 Å². The summed E-state index contributed by atoms with van der Waals surface area (Å²) in [6.07, 6.45) is 3.36. The van der Waals surface area contributed by atoms with Crippen molar-refractivity contribution in [3.05, 3.63) is 0 Å². The Bertz CT molecular complexity index is 464. The molecule has 1 heterocycles. The van der Waals surface area contributed by atoms with Crippen molar-refractivity contribution in [1.29, 1.82) is 0 Å². The number of rotatable bonds is 7.